The molecule has 0 saturated heterocycles. The van der Waals surface area contributed by atoms with Gasteiger partial charge in [0.15, 0.2) is 8.68 Å². The van der Waals surface area contributed by atoms with Crippen molar-refractivity contribution in [2.24, 2.45) is 0 Å². The van der Waals surface area contributed by atoms with E-state index in [1.807, 2.05) is 32.0 Å². The predicted octanol–water partition coefficient (Wildman–Crippen LogP) is 3.54. The fraction of sp³-hybridized carbons (Fsp3) is 0.375. The van der Waals surface area contributed by atoms with Gasteiger partial charge in [0.2, 0.25) is 5.91 Å². The highest BCUT2D eigenvalue weighted by atomic mass is 32.2. The van der Waals surface area contributed by atoms with Crippen molar-refractivity contribution in [2.75, 3.05) is 23.4 Å². The Kier molecular flexibility index (Phi) is 7.73. The average Bonchev–Trinajstić information content (AvgIpc) is 3.03. The van der Waals surface area contributed by atoms with Crippen LogP contribution in [0.5, 0.6) is 0 Å². The first-order valence-corrected chi connectivity index (χ1v) is 10.4. The van der Waals surface area contributed by atoms with Crippen LogP contribution in [-0.2, 0) is 14.3 Å². The van der Waals surface area contributed by atoms with Crippen molar-refractivity contribution < 1.29 is 14.3 Å². The number of carbonyl (C=O) groups is 2. The maximum atomic E-state index is 12.1. The van der Waals surface area contributed by atoms with E-state index in [2.05, 4.69) is 15.5 Å². The van der Waals surface area contributed by atoms with E-state index >= 15 is 0 Å². The fourth-order valence-corrected chi connectivity index (χ4v) is 4.57. The van der Waals surface area contributed by atoms with E-state index < -0.39 is 0 Å². The molecule has 134 valence electrons. The Hall–Kier alpha value is -1.58. The Morgan fingerprint density at radius 2 is 1.72 bits per heavy atom. The summed E-state index contributed by atoms with van der Waals surface area (Å²) >= 11 is 3.98. The van der Waals surface area contributed by atoms with Gasteiger partial charge in [-0.3, -0.25) is 9.59 Å². The molecule has 6 nitrogen and oxygen atoms in total. The van der Waals surface area contributed by atoms with E-state index in [0.717, 1.165) is 16.8 Å². The number of anilines is 1. The van der Waals surface area contributed by atoms with Gasteiger partial charge in [0.25, 0.3) is 0 Å². The number of benzene rings is 1. The van der Waals surface area contributed by atoms with Crippen LogP contribution in [0.2, 0.25) is 0 Å². The van der Waals surface area contributed by atoms with E-state index in [1.165, 1.54) is 34.9 Å². The Morgan fingerprint density at radius 1 is 1.12 bits per heavy atom. The van der Waals surface area contributed by atoms with E-state index in [-0.39, 0.29) is 23.4 Å². The van der Waals surface area contributed by atoms with Gasteiger partial charge in [0.1, 0.15) is 0 Å². The number of nitrogens with one attached hydrogen (secondary N) is 1. The fourth-order valence-electron chi connectivity index (χ4n) is 1.95. The molecule has 1 heterocycles. The van der Waals surface area contributed by atoms with Gasteiger partial charge in [0.05, 0.1) is 18.1 Å². The monoisotopic (exact) mass is 397 g/mol. The maximum absolute atomic E-state index is 12.1. The molecular formula is C16H19N3O3S3. The zero-order valence-corrected chi connectivity index (χ0v) is 16.6. The summed E-state index contributed by atoms with van der Waals surface area (Å²) in [7, 11) is 0. The normalized spacial score (nSPS) is 10.5. The first-order chi connectivity index (χ1) is 12.0. The lowest BCUT2D eigenvalue weighted by Gasteiger charge is -2.10. The molecule has 1 aromatic carbocycles. The minimum Gasteiger partial charge on any atom is -0.465 e. The van der Waals surface area contributed by atoms with Crippen LogP contribution < -0.4 is 5.32 Å². The lowest BCUT2D eigenvalue weighted by Crippen LogP contribution is -2.15. The van der Waals surface area contributed by atoms with Crippen molar-refractivity contribution in [1.82, 2.24) is 10.2 Å². The quantitative estimate of drug-likeness (QED) is 0.539. The van der Waals surface area contributed by atoms with Gasteiger partial charge in [-0.2, -0.15) is 0 Å². The van der Waals surface area contributed by atoms with Crippen molar-refractivity contribution in [3.8, 4) is 0 Å². The molecule has 25 heavy (non-hydrogen) atoms. The standard InChI is InChI=1S/C16H19N3O3S3/c1-4-22-13(21)9-24-16-19-18-15(25-16)23-8-12(20)17-14-10(2)6-5-7-11(14)3/h5-7H,4,8-9H2,1-3H3,(H,17,20). The van der Waals surface area contributed by atoms with Crippen molar-refractivity contribution in [3.05, 3.63) is 29.3 Å². The number of aromatic nitrogens is 2. The highest BCUT2D eigenvalue weighted by Gasteiger charge is 2.12. The third-order valence-electron chi connectivity index (χ3n) is 3.08. The molecule has 0 bridgehead atoms. The summed E-state index contributed by atoms with van der Waals surface area (Å²) in [6, 6.07) is 5.90. The highest BCUT2D eigenvalue weighted by Crippen LogP contribution is 2.29. The Labute approximate surface area is 159 Å². The van der Waals surface area contributed by atoms with Gasteiger partial charge in [0, 0.05) is 5.69 Å². The number of nitrogens with zero attached hydrogens (tertiary/aromatic N) is 2. The number of hydrogen-bond acceptors (Lipinski definition) is 8. The van der Waals surface area contributed by atoms with Crippen LogP contribution in [0, 0.1) is 13.8 Å². The number of thioether (sulfide) groups is 2. The second kappa shape index (κ2) is 9.79. The van der Waals surface area contributed by atoms with Crippen LogP contribution in [0.1, 0.15) is 18.1 Å². The largest absolute Gasteiger partial charge is 0.465 e. The number of hydrogen-bond donors (Lipinski definition) is 1. The molecule has 9 heteroatoms. The van der Waals surface area contributed by atoms with E-state index in [0.29, 0.717) is 15.3 Å². The third kappa shape index (κ3) is 6.33. The molecule has 2 aromatic rings. The van der Waals surface area contributed by atoms with E-state index in [4.69, 9.17) is 4.74 Å². The smallest absolute Gasteiger partial charge is 0.316 e. The number of esters is 1. The SMILES string of the molecule is CCOC(=O)CSc1nnc(SCC(=O)Nc2c(C)cccc2C)s1. The summed E-state index contributed by atoms with van der Waals surface area (Å²) < 4.78 is 6.25. The van der Waals surface area contributed by atoms with Gasteiger partial charge >= 0.3 is 5.97 Å². The molecule has 1 amide bonds. The highest BCUT2D eigenvalue weighted by molar-refractivity contribution is 8.03. The Balaban J connectivity index is 1.81. The van der Waals surface area contributed by atoms with Gasteiger partial charge in [-0.15, -0.1) is 10.2 Å². The zero-order chi connectivity index (χ0) is 18.2. The molecule has 0 aliphatic rings. The van der Waals surface area contributed by atoms with Crippen molar-refractivity contribution in [3.63, 3.8) is 0 Å². The first kappa shape index (κ1) is 19.7. The summed E-state index contributed by atoms with van der Waals surface area (Å²) in [6.07, 6.45) is 0. The second-order valence-electron chi connectivity index (χ2n) is 5.03. The minimum absolute atomic E-state index is 0.0849. The molecule has 0 radical (unpaired) electrons. The van der Waals surface area contributed by atoms with Gasteiger partial charge in [-0.1, -0.05) is 53.1 Å². The topological polar surface area (TPSA) is 81.2 Å². The van der Waals surface area contributed by atoms with Crippen LogP contribution in [0.4, 0.5) is 5.69 Å². The lowest BCUT2D eigenvalue weighted by molar-refractivity contribution is -0.139. The molecule has 0 spiro atoms. The molecule has 0 aliphatic carbocycles. The molecule has 1 aromatic heterocycles. The third-order valence-corrected chi connectivity index (χ3v) is 6.24. The summed E-state index contributed by atoms with van der Waals surface area (Å²) in [4.78, 5) is 23.5. The van der Waals surface area contributed by atoms with Gasteiger partial charge < -0.3 is 10.1 Å². The number of para-hydroxylation sites is 1. The van der Waals surface area contributed by atoms with Crippen LogP contribution >= 0.6 is 34.9 Å². The second-order valence-corrected chi connectivity index (χ2v) is 8.45. The Morgan fingerprint density at radius 3 is 2.32 bits per heavy atom. The Bertz CT molecular complexity index is 729. The number of ether oxygens (including phenoxy) is 1. The van der Waals surface area contributed by atoms with Crippen molar-refractivity contribution in [2.45, 2.75) is 29.5 Å². The van der Waals surface area contributed by atoms with Crippen molar-refractivity contribution >= 4 is 52.4 Å². The zero-order valence-electron chi connectivity index (χ0n) is 14.2. The van der Waals surface area contributed by atoms with Crippen LogP contribution in [0.25, 0.3) is 0 Å². The van der Waals surface area contributed by atoms with Crippen molar-refractivity contribution in [1.29, 1.82) is 0 Å². The number of carbonyl (C=O) groups excluding carboxylic acids is 2. The molecule has 0 saturated carbocycles. The van der Waals surface area contributed by atoms with Gasteiger partial charge in [-0.05, 0) is 31.9 Å². The molecule has 0 aliphatic heterocycles. The lowest BCUT2D eigenvalue weighted by atomic mass is 10.1. The molecule has 0 atom stereocenters. The number of rotatable bonds is 8. The average molecular weight is 398 g/mol. The predicted molar refractivity (Wildman–Crippen MR) is 103 cm³/mol. The first-order valence-electron chi connectivity index (χ1n) is 7.60. The van der Waals surface area contributed by atoms with Crippen LogP contribution in [0.3, 0.4) is 0 Å². The van der Waals surface area contributed by atoms with E-state index in [1.54, 1.807) is 6.92 Å². The number of aryl methyl sites for hydroxylation is 2. The summed E-state index contributed by atoms with van der Waals surface area (Å²) in [5.74, 6) is 0.105. The van der Waals surface area contributed by atoms with Crippen LogP contribution in [0.15, 0.2) is 26.9 Å². The molecule has 1 N–H and O–H groups in total. The summed E-state index contributed by atoms with van der Waals surface area (Å²) in [6.45, 7) is 6.07. The van der Waals surface area contributed by atoms with E-state index in [9.17, 15) is 9.59 Å². The maximum Gasteiger partial charge on any atom is 0.316 e. The minimum atomic E-state index is -0.273. The summed E-state index contributed by atoms with van der Waals surface area (Å²) in [5, 5.41) is 11.0. The molecule has 0 fully saturated rings. The molecule has 2 rings (SSSR count). The molecule has 0 unspecified atom stereocenters. The molecular weight excluding hydrogens is 378 g/mol. The summed E-state index contributed by atoms with van der Waals surface area (Å²) in [5.41, 5.74) is 2.93. The van der Waals surface area contributed by atoms with Gasteiger partial charge in [-0.25, -0.2) is 0 Å². The van der Waals surface area contributed by atoms with Crippen LogP contribution in [-0.4, -0.2) is 40.2 Å². The number of amides is 1.